The van der Waals surface area contributed by atoms with E-state index in [1.54, 1.807) is 10.9 Å². The standard InChI is InChI=1S/C19H15Cl2FN4/c1-11(18-14(20)3-4-15(22)19(18)21)26-6-5-16-17(26)7-12(8-23-16)13-9-24-25(2)10-13/h3-11H,1-2H3/t11-/m1/s1. The highest BCUT2D eigenvalue weighted by molar-refractivity contribution is 6.36. The van der Waals surface area contributed by atoms with Crippen molar-refractivity contribution in [3.05, 3.63) is 70.5 Å². The van der Waals surface area contributed by atoms with Crippen molar-refractivity contribution in [3.8, 4) is 11.1 Å². The number of aryl methyl sites for hydroxylation is 1. The molecule has 1 atom stereocenters. The van der Waals surface area contributed by atoms with Gasteiger partial charge in [0.2, 0.25) is 0 Å². The first-order chi connectivity index (χ1) is 12.5. The van der Waals surface area contributed by atoms with Gasteiger partial charge in [0.1, 0.15) is 5.82 Å². The van der Waals surface area contributed by atoms with Gasteiger partial charge in [-0.15, -0.1) is 0 Å². The van der Waals surface area contributed by atoms with Crippen molar-refractivity contribution < 1.29 is 4.39 Å². The lowest BCUT2D eigenvalue weighted by Gasteiger charge is -2.19. The van der Waals surface area contributed by atoms with Crippen molar-refractivity contribution in [2.45, 2.75) is 13.0 Å². The molecule has 1 aromatic carbocycles. The van der Waals surface area contributed by atoms with Gasteiger partial charge in [0, 0.05) is 47.4 Å². The Labute approximate surface area is 159 Å². The Hall–Kier alpha value is -2.37. The molecule has 0 bridgehead atoms. The van der Waals surface area contributed by atoms with Crippen molar-refractivity contribution in [2.24, 2.45) is 7.05 Å². The predicted octanol–water partition coefficient (Wildman–Crippen LogP) is 5.49. The summed E-state index contributed by atoms with van der Waals surface area (Å²) in [5.74, 6) is -0.483. The van der Waals surface area contributed by atoms with Crippen LogP contribution in [0.25, 0.3) is 22.2 Å². The van der Waals surface area contributed by atoms with Crippen LogP contribution < -0.4 is 0 Å². The van der Waals surface area contributed by atoms with Crippen LogP contribution in [0, 0.1) is 5.82 Å². The van der Waals surface area contributed by atoms with Gasteiger partial charge in [-0.2, -0.15) is 5.10 Å². The van der Waals surface area contributed by atoms with Gasteiger partial charge in [-0.25, -0.2) is 4.39 Å². The molecule has 4 rings (SSSR count). The molecular weight excluding hydrogens is 374 g/mol. The first-order valence-electron chi connectivity index (χ1n) is 8.04. The van der Waals surface area contributed by atoms with Crippen molar-refractivity contribution >= 4 is 34.2 Å². The van der Waals surface area contributed by atoms with Crippen molar-refractivity contribution in [1.82, 2.24) is 19.3 Å². The summed E-state index contributed by atoms with van der Waals surface area (Å²) < 4.78 is 17.7. The Balaban J connectivity index is 1.86. The third kappa shape index (κ3) is 2.77. The highest BCUT2D eigenvalue weighted by Gasteiger charge is 2.20. The molecule has 0 fully saturated rings. The molecule has 3 heterocycles. The zero-order valence-electron chi connectivity index (χ0n) is 14.1. The number of aromatic nitrogens is 4. The van der Waals surface area contributed by atoms with Crippen LogP contribution in [0.3, 0.4) is 0 Å². The summed E-state index contributed by atoms with van der Waals surface area (Å²) in [4.78, 5) is 4.53. The maximum Gasteiger partial charge on any atom is 0.142 e. The maximum absolute atomic E-state index is 13.9. The minimum Gasteiger partial charge on any atom is -0.339 e. The van der Waals surface area contributed by atoms with E-state index in [2.05, 4.69) is 10.1 Å². The average Bonchev–Trinajstić information content (AvgIpc) is 3.24. The number of nitrogens with zero attached hydrogens (tertiary/aromatic N) is 4. The second-order valence-electron chi connectivity index (χ2n) is 6.19. The molecule has 3 aromatic heterocycles. The Bertz CT molecular complexity index is 1120. The average molecular weight is 389 g/mol. The summed E-state index contributed by atoms with van der Waals surface area (Å²) in [7, 11) is 1.87. The topological polar surface area (TPSA) is 35.6 Å². The molecule has 4 aromatic rings. The number of benzene rings is 1. The lowest BCUT2D eigenvalue weighted by atomic mass is 10.1. The van der Waals surface area contributed by atoms with E-state index < -0.39 is 5.82 Å². The summed E-state index contributed by atoms with van der Waals surface area (Å²) >= 11 is 12.5. The number of hydrogen-bond acceptors (Lipinski definition) is 2. The molecule has 0 unspecified atom stereocenters. The van der Waals surface area contributed by atoms with Crippen LogP contribution in [0.4, 0.5) is 4.39 Å². The monoisotopic (exact) mass is 388 g/mol. The molecule has 0 radical (unpaired) electrons. The lowest BCUT2D eigenvalue weighted by Crippen LogP contribution is -2.07. The Kier molecular flexibility index (Phi) is 4.21. The van der Waals surface area contributed by atoms with E-state index in [4.69, 9.17) is 23.2 Å². The van der Waals surface area contributed by atoms with Gasteiger partial charge in [-0.05, 0) is 31.2 Å². The number of rotatable bonds is 3. The molecule has 26 heavy (non-hydrogen) atoms. The van der Waals surface area contributed by atoms with Crippen LogP contribution >= 0.6 is 23.2 Å². The second kappa shape index (κ2) is 6.41. The first-order valence-corrected chi connectivity index (χ1v) is 8.80. The molecule has 7 heteroatoms. The van der Waals surface area contributed by atoms with E-state index in [1.807, 2.05) is 49.3 Å². The molecule has 0 aliphatic heterocycles. The molecule has 4 nitrogen and oxygen atoms in total. The highest BCUT2D eigenvalue weighted by Crippen LogP contribution is 2.36. The fraction of sp³-hybridized carbons (Fsp3) is 0.158. The largest absolute Gasteiger partial charge is 0.339 e. The normalized spacial score (nSPS) is 12.7. The number of halogens is 3. The van der Waals surface area contributed by atoms with Gasteiger partial charge < -0.3 is 4.57 Å². The molecule has 0 aliphatic carbocycles. The van der Waals surface area contributed by atoms with Gasteiger partial charge in [0.05, 0.1) is 28.3 Å². The quantitative estimate of drug-likeness (QED) is 0.434. The van der Waals surface area contributed by atoms with Crippen molar-refractivity contribution in [3.63, 3.8) is 0 Å². The number of hydrogen-bond donors (Lipinski definition) is 0. The maximum atomic E-state index is 13.9. The minimum atomic E-state index is -0.483. The van der Waals surface area contributed by atoms with Gasteiger partial charge in [-0.1, -0.05) is 23.2 Å². The van der Waals surface area contributed by atoms with E-state index in [-0.39, 0.29) is 11.1 Å². The summed E-state index contributed by atoms with van der Waals surface area (Å²) in [5, 5.41) is 4.68. The minimum absolute atomic E-state index is 0.0447. The fourth-order valence-electron chi connectivity index (χ4n) is 3.16. The van der Waals surface area contributed by atoms with Gasteiger partial charge >= 0.3 is 0 Å². The molecule has 0 saturated heterocycles. The van der Waals surface area contributed by atoms with Gasteiger partial charge in [0.15, 0.2) is 0 Å². The molecule has 0 aliphatic rings. The summed E-state index contributed by atoms with van der Waals surface area (Å²) in [6.07, 6.45) is 7.45. The van der Waals surface area contributed by atoms with E-state index in [1.165, 1.54) is 12.1 Å². The van der Waals surface area contributed by atoms with Crippen molar-refractivity contribution in [2.75, 3.05) is 0 Å². The zero-order valence-corrected chi connectivity index (χ0v) is 15.6. The lowest BCUT2D eigenvalue weighted by molar-refractivity contribution is 0.612. The van der Waals surface area contributed by atoms with Crippen LogP contribution in [0.15, 0.2) is 49.1 Å². The Morgan fingerprint density at radius 1 is 1.12 bits per heavy atom. The zero-order chi connectivity index (χ0) is 18.4. The summed E-state index contributed by atoms with van der Waals surface area (Å²) in [6.45, 7) is 1.93. The summed E-state index contributed by atoms with van der Waals surface area (Å²) in [6, 6.07) is 6.50. The predicted molar refractivity (Wildman–Crippen MR) is 102 cm³/mol. The number of fused-ring (bicyclic) bond motifs is 1. The van der Waals surface area contributed by atoms with E-state index in [0.717, 1.165) is 22.2 Å². The van der Waals surface area contributed by atoms with Crippen LogP contribution in [0.2, 0.25) is 10.0 Å². The first kappa shape index (κ1) is 17.1. The molecular formula is C19H15Cl2FN4. The third-order valence-electron chi connectivity index (χ3n) is 4.52. The van der Waals surface area contributed by atoms with E-state index >= 15 is 0 Å². The second-order valence-corrected chi connectivity index (χ2v) is 6.97. The summed E-state index contributed by atoms with van der Waals surface area (Å²) in [5.41, 5.74) is 4.24. The molecule has 0 amide bonds. The van der Waals surface area contributed by atoms with Crippen LogP contribution in [-0.4, -0.2) is 19.3 Å². The highest BCUT2D eigenvalue weighted by atomic mass is 35.5. The SMILES string of the molecule is C[C@H](c1c(Cl)ccc(F)c1Cl)n1ccc2ncc(-c3cnn(C)c3)cc21. The fourth-order valence-corrected chi connectivity index (χ4v) is 3.85. The van der Waals surface area contributed by atoms with E-state index in [9.17, 15) is 4.39 Å². The van der Waals surface area contributed by atoms with Crippen LogP contribution in [0.5, 0.6) is 0 Å². The molecule has 132 valence electrons. The third-order valence-corrected chi connectivity index (χ3v) is 5.23. The molecule has 0 spiro atoms. The Morgan fingerprint density at radius 3 is 2.65 bits per heavy atom. The Morgan fingerprint density at radius 2 is 1.92 bits per heavy atom. The van der Waals surface area contributed by atoms with Crippen molar-refractivity contribution in [1.29, 1.82) is 0 Å². The number of pyridine rings is 1. The van der Waals surface area contributed by atoms with E-state index in [0.29, 0.717) is 10.6 Å². The molecule has 0 saturated carbocycles. The van der Waals surface area contributed by atoms with Crippen LogP contribution in [-0.2, 0) is 7.05 Å². The smallest absolute Gasteiger partial charge is 0.142 e. The van der Waals surface area contributed by atoms with Gasteiger partial charge in [0.25, 0.3) is 0 Å². The van der Waals surface area contributed by atoms with Gasteiger partial charge in [-0.3, -0.25) is 9.67 Å². The molecule has 0 N–H and O–H groups in total. The van der Waals surface area contributed by atoms with Crippen LogP contribution in [0.1, 0.15) is 18.5 Å².